The minimum atomic E-state index is -5.01. The minimum Gasteiger partial charge on any atom is -0.352 e. The van der Waals surface area contributed by atoms with Crippen LogP contribution in [-0.4, -0.2) is 235 Å². The summed E-state index contributed by atoms with van der Waals surface area (Å²) >= 11 is 10.9. The number of nitrogens with zero attached hydrogens (tertiary/aromatic N) is 7. The SMILES string of the molecule is CC(=O)N(C(=O)C(F)(F)F)C(C)(C)C.CC(C)(C)NC(=O)C1CCCCC1.CC(C)(C)NC(=O)CCl.CC(C)(C)NC(=O)c1ccc(CCl)cc1.CC(C)(C)NC(=O)c1ccccc1.CC(C)NC(=O)Cn1ccnc1.CC1CCN(CC(=O)NC(C)(C)C)CC1.CN1CCC(C(=O)NC(C)(C)C)CC1.CN1CCN(CC(=O)NC(C)(C)C)CC1. The summed E-state index contributed by atoms with van der Waals surface area (Å²) in [5.41, 5.74) is 0.276. The zero-order chi connectivity index (χ0) is 93.2. The van der Waals surface area contributed by atoms with Crippen LogP contribution >= 0.6 is 23.2 Å². The molecule has 120 heavy (non-hydrogen) atoms. The fourth-order valence-electron chi connectivity index (χ4n) is 11.7. The van der Waals surface area contributed by atoms with Gasteiger partial charge in [-0.3, -0.25) is 62.6 Å². The van der Waals surface area contributed by atoms with Gasteiger partial charge in [-0.25, -0.2) is 4.98 Å². The Morgan fingerprint density at radius 1 is 0.458 bits per heavy atom. The number of likely N-dealkylation sites (N-methyl/N-ethyl adjacent to an activating group) is 1. The van der Waals surface area contributed by atoms with Crippen LogP contribution in [0.4, 0.5) is 13.2 Å². The lowest BCUT2D eigenvalue weighted by Gasteiger charge is -2.33. The summed E-state index contributed by atoms with van der Waals surface area (Å²) in [6.07, 6.45) is 10.4. The number of likely N-dealkylation sites (tertiary alicyclic amines) is 2. The second-order valence-corrected chi connectivity index (χ2v) is 40.4. The Hall–Kier alpha value is -7.24. The van der Waals surface area contributed by atoms with Crippen LogP contribution in [0, 0.1) is 17.8 Å². The van der Waals surface area contributed by atoms with Crippen LogP contribution in [0.1, 0.15) is 278 Å². The molecule has 0 unspecified atom stereocenters. The van der Waals surface area contributed by atoms with Crippen molar-refractivity contribution in [3.05, 3.63) is 90.0 Å². The molecule has 4 aliphatic rings. The molecule has 0 radical (unpaired) electrons. The molecule has 3 saturated heterocycles. The Morgan fingerprint density at radius 3 is 1.16 bits per heavy atom. The Kier molecular flexibility index (Phi) is 52.0. The average molecular weight is 1740 g/mol. The molecule has 7 rings (SSSR count). The van der Waals surface area contributed by atoms with Gasteiger partial charge in [-0.1, -0.05) is 56.5 Å². The van der Waals surface area contributed by atoms with E-state index in [2.05, 4.69) is 88.1 Å². The van der Waals surface area contributed by atoms with Crippen LogP contribution in [0.3, 0.4) is 0 Å². The number of rotatable bonds is 13. The van der Waals surface area contributed by atoms with E-state index in [1.54, 1.807) is 47.6 Å². The Bertz CT molecular complexity index is 3420. The van der Waals surface area contributed by atoms with Crippen molar-refractivity contribution in [2.24, 2.45) is 17.8 Å². The number of nitrogens with one attached hydrogen (secondary N) is 8. The van der Waals surface area contributed by atoms with E-state index >= 15 is 0 Å². The summed E-state index contributed by atoms with van der Waals surface area (Å²) in [6, 6.07) is 16.7. The number of carbonyl (C=O) groups excluding carboxylic acids is 10. The van der Waals surface area contributed by atoms with Gasteiger partial charge in [-0.15, -0.1) is 23.2 Å². The quantitative estimate of drug-likeness (QED) is 0.0738. The first-order valence-corrected chi connectivity index (χ1v) is 43.2. The van der Waals surface area contributed by atoms with E-state index in [-0.39, 0.29) is 115 Å². The van der Waals surface area contributed by atoms with E-state index in [4.69, 9.17) is 23.2 Å². The molecule has 3 aliphatic heterocycles. The van der Waals surface area contributed by atoms with Gasteiger partial charge in [0.25, 0.3) is 11.8 Å². The molecular formula is C90H158Cl2F3N15O10. The standard InChI is InChI=1S/C12H16ClNO.C12H24N2O.C11H23N3O.C11H22N2O.C11H21NO.C11H15NO.C8H12F3NO2.C8H13N3O.C6H12ClNO/c1-12(2,3)14-11(15)10-6-4-9(8-13)5-7-10;1-10-5-7-14(8-6-10)9-11(15)13-12(2,3)4;1-11(2,3)12-10(15)9-14-7-5-13(4)6-8-14;1-11(2,3)12-10(14)9-5-7-13(4)8-6-9;2*1-11(2,3)12-10(13)9-7-5-4-6-8-9;1-5(13)12(7(2,3)4)6(14)8(9,10)11;1-7(2)10-8(12)5-11-4-3-9-6-11;1-6(2,3)8-5(9)4-7/h4-7H,8H2,1-3H3,(H,14,15);10H,5-9H2,1-4H3,(H,13,15);5-9H2,1-4H3,(H,12,15);9H,5-8H2,1-4H3,(H,12,14);9H,4-8H2,1-3H3,(H,12,13);4-8H,1-3H3,(H,12,13);1-4H3;3-4,6-7H,5H2,1-2H3,(H,10,12);4H2,1-3H3,(H,8,9). The summed E-state index contributed by atoms with van der Waals surface area (Å²) in [7, 11) is 4.23. The van der Waals surface area contributed by atoms with Crippen molar-refractivity contribution in [3.8, 4) is 0 Å². The first-order valence-electron chi connectivity index (χ1n) is 42.1. The van der Waals surface area contributed by atoms with Crippen LogP contribution in [0.2, 0.25) is 0 Å². The normalized spacial score (nSPS) is 15.6. The van der Waals surface area contributed by atoms with Crippen molar-refractivity contribution >= 4 is 82.3 Å². The second kappa shape index (κ2) is 54.4. The first kappa shape index (κ1) is 115. The van der Waals surface area contributed by atoms with Gasteiger partial charge >= 0.3 is 12.1 Å². The van der Waals surface area contributed by atoms with Gasteiger partial charge in [0, 0.05) is 125 Å². The molecule has 10 amide bonds. The highest BCUT2D eigenvalue weighted by atomic mass is 35.5. The lowest BCUT2D eigenvalue weighted by atomic mass is 9.88. The molecule has 0 spiro atoms. The highest BCUT2D eigenvalue weighted by Gasteiger charge is 2.47. The van der Waals surface area contributed by atoms with Crippen molar-refractivity contribution in [2.45, 2.75) is 321 Å². The molecule has 688 valence electrons. The van der Waals surface area contributed by atoms with Gasteiger partial charge in [-0.05, 0) is 295 Å². The number of amides is 10. The number of hydrogen-bond acceptors (Lipinski definition) is 15. The molecule has 3 aromatic rings. The average Bonchev–Trinajstić information content (AvgIpc) is 0.944. The lowest BCUT2D eigenvalue weighted by molar-refractivity contribution is -0.192. The van der Waals surface area contributed by atoms with Crippen LogP contribution < -0.4 is 42.5 Å². The summed E-state index contributed by atoms with van der Waals surface area (Å²) < 4.78 is 37.9. The summed E-state index contributed by atoms with van der Waals surface area (Å²) in [4.78, 5) is 127. The first-order chi connectivity index (χ1) is 54.6. The lowest BCUT2D eigenvalue weighted by Crippen LogP contribution is -2.53. The van der Waals surface area contributed by atoms with E-state index in [1.165, 1.54) is 52.9 Å². The summed E-state index contributed by atoms with van der Waals surface area (Å²) in [6.45, 7) is 62.7. The maximum absolute atomic E-state index is 12.0. The van der Waals surface area contributed by atoms with Crippen molar-refractivity contribution in [2.75, 3.05) is 85.4 Å². The molecular weight excluding hydrogens is 1580 g/mol. The molecule has 4 heterocycles. The predicted octanol–water partition coefficient (Wildman–Crippen LogP) is 13.9. The van der Waals surface area contributed by atoms with Gasteiger partial charge in [0.05, 0.1) is 19.4 Å². The third-order valence-electron chi connectivity index (χ3n) is 17.1. The van der Waals surface area contributed by atoms with Crippen LogP contribution in [-0.2, 0) is 50.8 Å². The number of aromatic nitrogens is 2. The molecule has 1 saturated carbocycles. The number of carbonyl (C=O) groups is 10. The van der Waals surface area contributed by atoms with E-state index < -0.39 is 23.5 Å². The molecule has 2 aromatic carbocycles. The molecule has 1 aliphatic carbocycles. The van der Waals surface area contributed by atoms with Crippen molar-refractivity contribution in [1.82, 2.24) is 76.6 Å². The highest BCUT2D eigenvalue weighted by molar-refractivity contribution is 6.27. The number of piperidine rings is 2. The number of imidazole rings is 1. The number of benzene rings is 2. The largest absolute Gasteiger partial charge is 0.471 e. The Labute approximate surface area is 729 Å². The van der Waals surface area contributed by atoms with E-state index in [1.807, 2.05) is 190 Å². The van der Waals surface area contributed by atoms with Gasteiger partial charge in [0.15, 0.2) is 0 Å². The van der Waals surface area contributed by atoms with E-state index in [9.17, 15) is 61.1 Å². The number of alkyl halides is 5. The van der Waals surface area contributed by atoms with Gasteiger partial charge < -0.3 is 56.9 Å². The number of hydrogen-bond donors (Lipinski definition) is 8. The zero-order valence-electron chi connectivity index (χ0n) is 78.9. The van der Waals surface area contributed by atoms with Crippen molar-refractivity contribution in [1.29, 1.82) is 0 Å². The minimum absolute atomic E-state index is 0.0167. The smallest absolute Gasteiger partial charge is 0.352 e. The number of piperazine rings is 1. The Balaban J connectivity index is 0. The van der Waals surface area contributed by atoms with Gasteiger partial charge in [0.2, 0.25) is 41.4 Å². The molecule has 1 aromatic heterocycles. The predicted molar refractivity (Wildman–Crippen MR) is 481 cm³/mol. The zero-order valence-corrected chi connectivity index (χ0v) is 80.4. The molecule has 0 bridgehead atoms. The monoisotopic (exact) mass is 1740 g/mol. The summed E-state index contributed by atoms with van der Waals surface area (Å²) in [5.74, 6) is -0.605. The van der Waals surface area contributed by atoms with Gasteiger partial charge in [0.1, 0.15) is 12.4 Å². The second-order valence-electron chi connectivity index (χ2n) is 39.8. The number of halogens is 5. The molecule has 30 heteroatoms. The maximum atomic E-state index is 12.0. The van der Waals surface area contributed by atoms with Gasteiger partial charge in [-0.2, -0.15) is 13.2 Å². The van der Waals surface area contributed by atoms with Crippen LogP contribution in [0.25, 0.3) is 0 Å². The maximum Gasteiger partial charge on any atom is 0.471 e. The summed E-state index contributed by atoms with van der Waals surface area (Å²) in [5, 5.41) is 23.4. The molecule has 0 atom stereocenters. The highest BCUT2D eigenvalue weighted by Crippen LogP contribution is 2.26. The fraction of sp³-hybridized carbons (Fsp3) is 0.722. The Morgan fingerprint density at radius 2 is 0.833 bits per heavy atom. The van der Waals surface area contributed by atoms with Crippen LogP contribution in [0.15, 0.2) is 73.3 Å². The van der Waals surface area contributed by atoms with Crippen molar-refractivity contribution in [3.63, 3.8) is 0 Å². The third-order valence-corrected chi connectivity index (χ3v) is 17.6. The van der Waals surface area contributed by atoms with E-state index in [0.29, 0.717) is 36.6 Å². The number of imide groups is 1. The fourth-order valence-corrected chi connectivity index (χ4v) is 11.9. The van der Waals surface area contributed by atoms with Crippen molar-refractivity contribution < 1.29 is 61.1 Å². The molecule has 8 N–H and O–H groups in total. The third kappa shape index (κ3) is 62.0. The molecule has 25 nitrogen and oxygen atoms in total. The van der Waals surface area contributed by atoms with Crippen LogP contribution in [0.5, 0.6) is 0 Å². The topological polar surface area (TPSA) is 301 Å². The molecule has 4 fully saturated rings. The van der Waals surface area contributed by atoms with E-state index in [0.717, 1.165) is 96.4 Å².